The first-order valence-corrected chi connectivity index (χ1v) is 8.89. The molecule has 0 aromatic heterocycles. The van der Waals surface area contributed by atoms with E-state index < -0.39 is 0 Å². The fourth-order valence-corrected chi connectivity index (χ4v) is 4.01. The van der Waals surface area contributed by atoms with Crippen molar-refractivity contribution < 1.29 is 0 Å². The van der Waals surface area contributed by atoms with E-state index >= 15 is 0 Å². The molecule has 0 spiro atoms. The minimum absolute atomic E-state index is 0.754. The lowest BCUT2D eigenvalue weighted by molar-refractivity contribution is 0.123. The van der Waals surface area contributed by atoms with E-state index in [-0.39, 0.29) is 0 Å². The van der Waals surface area contributed by atoms with Gasteiger partial charge >= 0.3 is 0 Å². The third-order valence-corrected chi connectivity index (χ3v) is 5.06. The van der Waals surface area contributed by atoms with E-state index in [2.05, 4.69) is 17.1 Å². The largest absolute Gasteiger partial charge is 0.313 e. The van der Waals surface area contributed by atoms with Gasteiger partial charge < -0.3 is 5.32 Å². The Kier molecular flexibility index (Phi) is 7.23. The van der Waals surface area contributed by atoms with E-state index in [9.17, 15) is 0 Å². The summed E-state index contributed by atoms with van der Waals surface area (Å²) in [5.74, 6) is 0. The van der Waals surface area contributed by atoms with E-state index in [1.165, 1.54) is 83.7 Å². The van der Waals surface area contributed by atoms with E-state index in [1.807, 2.05) is 0 Å². The molecule has 2 aliphatic rings. The highest BCUT2D eigenvalue weighted by Crippen LogP contribution is 2.24. The van der Waals surface area contributed by atoms with Gasteiger partial charge in [-0.15, -0.1) is 0 Å². The van der Waals surface area contributed by atoms with Gasteiger partial charge in [0, 0.05) is 12.1 Å². The van der Waals surface area contributed by atoms with Crippen LogP contribution in [-0.2, 0) is 0 Å². The van der Waals surface area contributed by atoms with Gasteiger partial charge in [0.15, 0.2) is 0 Å². The smallest absolute Gasteiger partial charge is 0.0249 e. The quantitative estimate of drug-likeness (QED) is 0.832. The van der Waals surface area contributed by atoms with Gasteiger partial charge in [-0.05, 0) is 45.3 Å². The summed E-state index contributed by atoms with van der Waals surface area (Å²) in [6, 6.07) is 1.57. The third-order valence-electron chi connectivity index (χ3n) is 5.06. The molecule has 1 heterocycles. The first-order valence-electron chi connectivity index (χ1n) is 8.89. The molecule has 2 heteroatoms. The summed E-state index contributed by atoms with van der Waals surface area (Å²) in [4.78, 5) is 2.85. The summed E-state index contributed by atoms with van der Waals surface area (Å²) in [6.45, 7) is 6.11. The Labute approximate surface area is 120 Å². The van der Waals surface area contributed by atoms with Crippen LogP contribution in [0.4, 0.5) is 0 Å². The lowest BCUT2D eigenvalue weighted by Crippen LogP contribution is -2.51. The first-order chi connectivity index (χ1) is 9.42. The van der Waals surface area contributed by atoms with E-state index in [1.54, 1.807) is 0 Å². The van der Waals surface area contributed by atoms with Crippen LogP contribution in [0.25, 0.3) is 0 Å². The number of nitrogens with zero attached hydrogens (tertiary/aromatic N) is 1. The van der Waals surface area contributed by atoms with E-state index in [4.69, 9.17) is 0 Å². The molecule has 0 aromatic rings. The SMILES string of the molecule is CCNC1CCCCCCC1N1CCCCCCC1. The molecule has 2 atom stereocenters. The van der Waals surface area contributed by atoms with Gasteiger partial charge in [-0.3, -0.25) is 4.90 Å². The van der Waals surface area contributed by atoms with E-state index in [0.717, 1.165) is 18.6 Å². The van der Waals surface area contributed by atoms with Crippen molar-refractivity contribution >= 4 is 0 Å². The van der Waals surface area contributed by atoms with Crippen LogP contribution >= 0.6 is 0 Å². The summed E-state index contributed by atoms with van der Waals surface area (Å²) < 4.78 is 0. The van der Waals surface area contributed by atoms with Crippen molar-refractivity contribution in [2.45, 2.75) is 89.6 Å². The van der Waals surface area contributed by atoms with Crippen LogP contribution in [-0.4, -0.2) is 36.6 Å². The molecule has 2 nitrogen and oxygen atoms in total. The molecule has 19 heavy (non-hydrogen) atoms. The number of hydrogen-bond acceptors (Lipinski definition) is 2. The molecule has 1 saturated heterocycles. The fourth-order valence-electron chi connectivity index (χ4n) is 4.01. The number of nitrogens with one attached hydrogen (secondary N) is 1. The van der Waals surface area contributed by atoms with Crippen LogP contribution < -0.4 is 5.32 Å². The zero-order chi connectivity index (χ0) is 13.3. The van der Waals surface area contributed by atoms with Crippen molar-refractivity contribution in [3.8, 4) is 0 Å². The van der Waals surface area contributed by atoms with Gasteiger partial charge in [-0.1, -0.05) is 51.9 Å². The number of likely N-dealkylation sites (tertiary alicyclic amines) is 1. The maximum Gasteiger partial charge on any atom is 0.0249 e. The topological polar surface area (TPSA) is 15.3 Å². The van der Waals surface area contributed by atoms with Gasteiger partial charge in [0.1, 0.15) is 0 Å². The van der Waals surface area contributed by atoms with Gasteiger partial charge in [0.2, 0.25) is 0 Å². The Hall–Kier alpha value is -0.0800. The van der Waals surface area contributed by atoms with Gasteiger partial charge in [-0.2, -0.15) is 0 Å². The number of rotatable bonds is 3. The van der Waals surface area contributed by atoms with Crippen molar-refractivity contribution in [3.63, 3.8) is 0 Å². The van der Waals surface area contributed by atoms with Gasteiger partial charge in [0.05, 0.1) is 0 Å². The molecule has 0 radical (unpaired) electrons. The predicted molar refractivity (Wildman–Crippen MR) is 83.6 cm³/mol. The van der Waals surface area contributed by atoms with Crippen molar-refractivity contribution in [1.29, 1.82) is 0 Å². The second-order valence-corrected chi connectivity index (χ2v) is 6.53. The molecular formula is C17H34N2. The molecule has 0 amide bonds. The second kappa shape index (κ2) is 8.97. The van der Waals surface area contributed by atoms with Crippen LogP contribution in [0, 0.1) is 0 Å². The number of likely N-dealkylation sites (N-methyl/N-ethyl adjacent to an activating group) is 1. The molecule has 2 unspecified atom stereocenters. The summed E-state index contributed by atoms with van der Waals surface area (Å²) in [6.07, 6.45) is 15.8. The summed E-state index contributed by atoms with van der Waals surface area (Å²) in [5.41, 5.74) is 0. The Balaban J connectivity index is 1.96. The number of hydrogen-bond donors (Lipinski definition) is 1. The molecule has 1 aliphatic carbocycles. The highest BCUT2D eigenvalue weighted by atomic mass is 15.2. The predicted octanol–water partition coefficient (Wildman–Crippen LogP) is 3.95. The molecule has 2 rings (SSSR count). The summed E-state index contributed by atoms with van der Waals surface area (Å²) in [7, 11) is 0. The molecule has 2 fully saturated rings. The second-order valence-electron chi connectivity index (χ2n) is 6.53. The Morgan fingerprint density at radius 2 is 1.37 bits per heavy atom. The Morgan fingerprint density at radius 1 is 0.789 bits per heavy atom. The Morgan fingerprint density at radius 3 is 2.05 bits per heavy atom. The summed E-state index contributed by atoms with van der Waals surface area (Å²) >= 11 is 0. The monoisotopic (exact) mass is 266 g/mol. The molecule has 112 valence electrons. The van der Waals surface area contributed by atoms with Crippen LogP contribution in [0.2, 0.25) is 0 Å². The zero-order valence-corrected chi connectivity index (χ0v) is 13.0. The van der Waals surface area contributed by atoms with Crippen molar-refractivity contribution in [2.75, 3.05) is 19.6 Å². The highest BCUT2D eigenvalue weighted by Gasteiger charge is 2.27. The maximum absolute atomic E-state index is 3.79. The highest BCUT2D eigenvalue weighted by molar-refractivity contribution is 4.86. The van der Waals surface area contributed by atoms with Gasteiger partial charge in [0.25, 0.3) is 0 Å². The molecular weight excluding hydrogens is 232 g/mol. The molecule has 1 N–H and O–H groups in total. The standard InChI is InChI=1S/C17H34N2/c1-2-18-16-12-8-4-5-9-13-17(16)19-14-10-6-3-7-11-15-19/h16-18H,2-15H2,1H3. The van der Waals surface area contributed by atoms with Crippen molar-refractivity contribution in [3.05, 3.63) is 0 Å². The average Bonchev–Trinajstić information content (AvgIpc) is 2.34. The molecule has 0 bridgehead atoms. The lowest BCUT2D eigenvalue weighted by Gasteiger charge is -2.39. The van der Waals surface area contributed by atoms with Crippen LogP contribution in [0.1, 0.15) is 77.6 Å². The normalized spacial score (nSPS) is 32.1. The molecule has 0 aromatic carbocycles. The minimum atomic E-state index is 0.754. The first kappa shape index (κ1) is 15.3. The fraction of sp³-hybridized carbons (Fsp3) is 1.00. The van der Waals surface area contributed by atoms with E-state index in [0.29, 0.717) is 0 Å². The van der Waals surface area contributed by atoms with Crippen molar-refractivity contribution in [2.24, 2.45) is 0 Å². The Bertz CT molecular complexity index is 221. The molecule has 1 aliphatic heterocycles. The minimum Gasteiger partial charge on any atom is -0.313 e. The third kappa shape index (κ3) is 5.07. The molecule has 1 saturated carbocycles. The van der Waals surface area contributed by atoms with Gasteiger partial charge in [-0.25, -0.2) is 0 Å². The summed E-state index contributed by atoms with van der Waals surface area (Å²) in [5, 5.41) is 3.79. The van der Waals surface area contributed by atoms with Crippen LogP contribution in [0.3, 0.4) is 0 Å². The maximum atomic E-state index is 3.79. The average molecular weight is 266 g/mol. The lowest BCUT2D eigenvalue weighted by atomic mass is 9.90. The van der Waals surface area contributed by atoms with Crippen LogP contribution in [0.5, 0.6) is 0 Å². The van der Waals surface area contributed by atoms with Crippen LogP contribution in [0.15, 0.2) is 0 Å². The zero-order valence-electron chi connectivity index (χ0n) is 13.0. The van der Waals surface area contributed by atoms with Crippen molar-refractivity contribution in [1.82, 2.24) is 10.2 Å².